The Morgan fingerprint density at radius 1 is 1.29 bits per heavy atom. The molecule has 1 heterocycles. The number of allylic oxidation sites excluding steroid dienone is 1. The second-order valence-corrected chi connectivity index (χ2v) is 10.3. The minimum Gasteiger partial charge on any atom is -0.497 e. The quantitative estimate of drug-likeness (QED) is 0.509. The van der Waals surface area contributed by atoms with E-state index in [9.17, 15) is 13.2 Å². The highest BCUT2D eigenvalue weighted by Gasteiger charge is 2.35. The van der Waals surface area contributed by atoms with Gasteiger partial charge in [0, 0.05) is 25.2 Å². The molecule has 0 atom stereocenters. The van der Waals surface area contributed by atoms with Gasteiger partial charge >= 0.3 is 0 Å². The van der Waals surface area contributed by atoms with Gasteiger partial charge in [0.2, 0.25) is 10.0 Å². The molecule has 7 nitrogen and oxygen atoms in total. The molecule has 0 N–H and O–H groups in total. The molecular formula is C22H23N3O4S2. The van der Waals surface area contributed by atoms with Crippen LogP contribution in [0.5, 0.6) is 5.75 Å². The fourth-order valence-corrected chi connectivity index (χ4v) is 5.78. The highest BCUT2D eigenvalue weighted by molar-refractivity contribution is 7.89. The molecule has 1 aromatic heterocycles. The second kappa shape index (κ2) is 8.41. The fraction of sp³-hybridized carbons (Fsp3) is 0.273. The number of thiazole rings is 1. The summed E-state index contributed by atoms with van der Waals surface area (Å²) in [6, 6.07) is 11.7. The van der Waals surface area contributed by atoms with Gasteiger partial charge in [-0.25, -0.2) is 8.42 Å². The van der Waals surface area contributed by atoms with Crippen molar-refractivity contribution in [2.24, 2.45) is 4.99 Å². The van der Waals surface area contributed by atoms with Gasteiger partial charge in [0.05, 0.1) is 22.2 Å². The van der Waals surface area contributed by atoms with E-state index in [2.05, 4.69) is 11.6 Å². The number of carbonyl (C=O) groups is 1. The summed E-state index contributed by atoms with van der Waals surface area (Å²) in [5.41, 5.74) is 1.26. The number of fused-ring (bicyclic) bond motifs is 1. The van der Waals surface area contributed by atoms with Crippen molar-refractivity contribution in [2.45, 2.75) is 30.3 Å². The van der Waals surface area contributed by atoms with Crippen LogP contribution in [0.4, 0.5) is 0 Å². The molecular weight excluding hydrogens is 434 g/mol. The molecule has 1 aliphatic carbocycles. The van der Waals surface area contributed by atoms with Crippen LogP contribution in [0.2, 0.25) is 0 Å². The van der Waals surface area contributed by atoms with E-state index in [4.69, 9.17) is 4.74 Å². The zero-order valence-corrected chi connectivity index (χ0v) is 18.9. The first-order valence-corrected chi connectivity index (χ1v) is 12.1. The Labute approximate surface area is 185 Å². The maximum absolute atomic E-state index is 12.8. The largest absolute Gasteiger partial charge is 0.497 e. The van der Waals surface area contributed by atoms with E-state index in [1.807, 2.05) is 22.8 Å². The van der Waals surface area contributed by atoms with Gasteiger partial charge in [-0.1, -0.05) is 17.4 Å². The zero-order chi connectivity index (χ0) is 22.2. The van der Waals surface area contributed by atoms with Crippen LogP contribution in [-0.2, 0) is 16.6 Å². The Kier molecular flexibility index (Phi) is 5.83. The Morgan fingerprint density at radius 3 is 2.61 bits per heavy atom. The van der Waals surface area contributed by atoms with E-state index in [1.165, 1.54) is 39.9 Å². The summed E-state index contributed by atoms with van der Waals surface area (Å²) in [6.45, 7) is 4.29. The molecule has 1 saturated carbocycles. The first-order valence-electron chi connectivity index (χ1n) is 9.80. The number of hydrogen-bond acceptors (Lipinski definition) is 5. The van der Waals surface area contributed by atoms with Crippen LogP contribution < -0.4 is 9.54 Å². The van der Waals surface area contributed by atoms with Crippen LogP contribution in [0.15, 0.2) is 65.0 Å². The predicted octanol–water partition coefficient (Wildman–Crippen LogP) is 3.42. The third-order valence-corrected chi connectivity index (χ3v) is 8.20. The molecule has 31 heavy (non-hydrogen) atoms. The standard InChI is InChI=1S/C22H23N3O4S2/c1-4-13-25-19-12-9-17(29-3)14-20(19)30-22(25)23-21(26)15-5-10-18(11-6-15)31(27,28)24(2)16-7-8-16/h4-6,9-12,14,16H,1,7-8,13H2,2-3H3. The molecule has 0 aliphatic heterocycles. The first kappa shape index (κ1) is 21.5. The molecule has 3 aromatic rings. The summed E-state index contributed by atoms with van der Waals surface area (Å²) in [5.74, 6) is 0.293. The number of sulfonamides is 1. The Balaban J connectivity index is 1.67. The Morgan fingerprint density at radius 2 is 2.00 bits per heavy atom. The number of amides is 1. The van der Waals surface area contributed by atoms with Gasteiger partial charge in [-0.2, -0.15) is 9.30 Å². The SMILES string of the molecule is C=CCn1c(=NC(=O)c2ccc(S(=O)(=O)N(C)C3CC3)cc2)sc2cc(OC)ccc21. The lowest BCUT2D eigenvalue weighted by atomic mass is 10.2. The molecule has 2 aromatic carbocycles. The van der Waals surface area contributed by atoms with Crippen molar-refractivity contribution in [1.82, 2.24) is 8.87 Å². The maximum Gasteiger partial charge on any atom is 0.279 e. The molecule has 0 spiro atoms. The molecule has 0 unspecified atom stereocenters. The van der Waals surface area contributed by atoms with Gasteiger partial charge in [-0.15, -0.1) is 6.58 Å². The number of methoxy groups -OCH3 is 1. The van der Waals surface area contributed by atoms with Gasteiger partial charge in [0.25, 0.3) is 5.91 Å². The van der Waals surface area contributed by atoms with Gasteiger partial charge in [0.1, 0.15) is 5.75 Å². The number of carbonyl (C=O) groups excluding carboxylic acids is 1. The zero-order valence-electron chi connectivity index (χ0n) is 17.3. The summed E-state index contributed by atoms with van der Waals surface area (Å²) in [4.78, 5) is 17.8. The van der Waals surface area contributed by atoms with Gasteiger partial charge in [-0.05, 0) is 55.3 Å². The molecule has 0 bridgehead atoms. The van der Waals surface area contributed by atoms with Crippen LogP contribution in [-0.4, -0.2) is 43.4 Å². The van der Waals surface area contributed by atoms with Gasteiger partial charge in [0.15, 0.2) is 4.80 Å². The van der Waals surface area contributed by atoms with Crippen molar-refractivity contribution in [1.29, 1.82) is 0 Å². The van der Waals surface area contributed by atoms with E-state index in [-0.39, 0.29) is 10.9 Å². The van der Waals surface area contributed by atoms with Crippen LogP contribution >= 0.6 is 11.3 Å². The molecule has 1 amide bonds. The molecule has 0 radical (unpaired) electrons. The average Bonchev–Trinajstić information content (AvgIpc) is 3.57. The number of benzene rings is 2. The van der Waals surface area contributed by atoms with Crippen molar-refractivity contribution in [3.63, 3.8) is 0 Å². The Hall–Kier alpha value is -2.75. The lowest BCUT2D eigenvalue weighted by molar-refractivity contribution is 0.0997. The molecule has 162 valence electrons. The number of nitrogens with zero attached hydrogens (tertiary/aromatic N) is 3. The van der Waals surface area contributed by atoms with Gasteiger partial charge < -0.3 is 9.30 Å². The molecule has 4 rings (SSSR count). The topological polar surface area (TPSA) is 81.0 Å². The van der Waals surface area contributed by atoms with E-state index in [0.29, 0.717) is 16.9 Å². The molecule has 0 saturated heterocycles. The number of aromatic nitrogens is 1. The number of hydrogen-bond donors (Lipinski definition) is 0. The monoisotopic (exact) mass is 457 g/mol. The van der Waals surface area contributed by atoms with Crippen molar-refractivity contribution < 1.29 is 17.9 Å². The maximum atomic E-state index is 12.8. The van der Waals surface area contributed by atoms with Crippen LogP contribution in [0, 0.1) is 0 Å². The summed E-state index contributed by atoms with van der Waals surface area (Å²) in [5, 5.41) is 0. The van der Waals surface area contributed by atoms with Crippen LogP contribution in [0.3, 0.4) is 0 Å². The Bertz CT molecular complexity index is 1320. The predicted molar refractivity (Wildman–Crippen MR) is 121 cm³/mol. The van der Waals surface area contributed by atoms with Crippen molar-refractivity contribution in [3.05, 3.63) is 65.5 Å². The lowest BCUT2D eigenvalue weighted by Crippen LogP contribution is -2.28. The second-order valence-electron chi connectivity index (χ2n) is 7.31. The highest BCUT2D eigenvalue weighted by atomic mass is 32.2. The van der Waals surface area contributed by atoms with Crippen molar-refractivity contribution >= 4 is 37.5 Å². The number of ether oxygens (including phenoxy) is 1. The summed E-state index contributed by atoms with van der Waals surface area (Å²) in [7, 11) is -0.350. The van der Waals surface area contributed by atoms with Crippen molar-refractivity contribution in [3.8, 4) is 5.75 Å². The van der Waals surface area contributed by atoms with E-state index < -0.39 is 15.9 Å². The highest BCUT2D eigenvalue weighted by Crippen LogP contribution is 2.30. The van der Waals surface area contributed by atoms with E-state index in [0.717, 1.165) is 28.8 Å². The molecule has 9 heteroatoms. The minimum absolute atomic E-state index is 0.0770. The van der Waals surface area contributed by atoms with Gasteiger partial charge in [-0.3, -0.25) is 4.79 Å². The minimum atomic E-state index is -3.55. The normalized spacial score (nSPS) is 14.9. The molecule has 1 aliphatic rings. The third kappa shape index (κ3) is 4.21. The summed E-state index contributed by atoms with van der Waals surface area (Å²) < 4.78 is 34.8. The van der Waals surface area contributed by atoms with E-state index >= 15 is 0 Å². The summed E-state index contributed by atoms with van der Waals surface area (Å²) in [6.07, 6.45) is 3.52. The third-order valence-electron chi connectivity index (χ3n) is 5.24. The fourth-order valence-electron chi connectivity index (χ4n) is 3.29. The molecule has 1 fully saturated rings. The van der Waals surface area contributed by atoms with Crippen LogP contribution in [0.1, 0.15) is 23.2 Å². The summed E-state index contributed by atoms with van der Waals surface area (Å²) >= 11 is 1.38. The average molecular weight is 458 g/mol. The lowest BCUT2D eigenvalue weighted by Gasteiger charge is -2.16. The number of rotatable bonds is 7. The van der Waals surface area contributed by atoms with E-state index in [1.54, 1.807) is 20.2 Å². The van der Waals surface area contributed by atoms with Crippen molar-refractivity contribution in [2.75, 3.05) is 14.2 Å². The first-order chi connectivity index (χ1) is 14.8. The smallest absolute Gasteiger partial charge is 0.279 e. The van der Waals surface area contributed by atoms with Crippen LogP contribution in [0.25, 0.3) is 10.2 Å².